The molecule has 0 radical (unpaired) electrons. The van der Waals surface area contributed by atoms with E-state index in [0.717, 1.165) is 12.5 Å². The fourth-order valence-electron chi connectivity index (χ4n) is 3.55. The molecule has 0 saturated heterocycles. The molecule has 0 aromatic heterocycles. The van der Waals surface area contributed by atoms with Crippen molar-refractivity contribution in [2.45, 2.75) is 84.2 Å². The van der Waals surface area contributed by atoms with Crippen molar-refractivity contribution in [3.8, 4) is 0 Å². The van der Waals surface area contributed by atoms with Crippen LogP contribution in [0.15, 0.2) is 24.3 Å². The highest BCUT2D eigenvalue weighted by Gasteiger charge is 2.21. The van der Waals surface area contributed by atoms with Crippen molar-refractivity contribution in [1.82, 2.24) is 5.32 Å². The van der Waals surface area contributed by atoms with E-state index in [9.17, 15) is 0 Å². The molecule has 1 nitrogen and oxygen atoms in total. The largest absolute Gasteiger partial charge is 0.310 e. The van der Waals surface area contributed by atoms with E-state index in [0.29, 0.717) is 6.04 Å². The number of benzene rings is 1. The van der Waals surface area contributed by atoms with Crippen LogP contribution in [0.5, 0.6) is 0 Å². The minimum Gasteiger partial charge on any atom is -0.310 e. The Morgan fingerprint density at radius 1 is 1.05 bits per heavy atom. The van der Waals surface area contributed by atoms with Crippen LogP contribution < -0.4 is 5.32 Å². The fraction of sp³-hybridized carbons (Fsp3) is 0.700. The minimum absolute atomic E-state index is 0.250. The SMILES string of the molecule is CCC(NCc1ccc(C(C)(C)C)cc1)C1CCCCC1. The Kier molecular flexibility index (Phi) is 5.87. The molecular formula is C20H33N. The standard InChI is InChI=1S/C20H33N/c1-5-19(17-9-7-6-8-10-17)21-15-16-11-13-18(14-12-16)20(2,3)4/h11-14,17,19,21H,5-10,15H2,1-4H3. The Labute approximate surface area is 131 Å². The lowest BCUT2D eigenvalue weighted by molar-refractivity contribution is 0.262. The quantitative estimate of drug-likeness (QED) is 0.761. The Hall–Kier alpha value is -0.820. The third-order valence-corrected chi connectivity index (χ3v) is 5.05. The second-order valence-corrected chi connectivity index (χ2v) is 7.74. The monoisotopic (exact) mass is 287 g/mol. The van der Waals surface area contributed by atoms with Gasteiger partial charge in [-0.05, 0) is 41.7 Å². The van der Waals surface area contributed by atoms with Crippen LogP contribution in [0, 0.1) is 5.92 Å². The van der Waals surface area contributed by atoms with Crippen LogP contribution in [-0.4, -0.2) is 6.04 Å². The van der Waals surface area contributed by atoms with Crippen molar-refractivity contribution in [2.24, 2.45) is 5.92 Å². The molecule has 1 aliphatic rings. The lowest BCUT2D eigenvalue weighted by Gasteiger charge is -2.30. The van der Waals surface area contributed by atoms with Gasteiger partial charge in [-0.25, -0.2) is 0 Å². The topological polar surface area (TPSA) is 12.0 Å². The Morgan fingerprint density at radius 2 is 1.67 bits per heavy atom. The van der Waals surface area contributed by atoms with E-state index in [2.05, 4.69) is 57.3 Å². The van der Waals surface area contributed by atoms with Crippen LogP contribution in [0.25, 0.3) is 0 Å². The summed E-state index contributed by atoms with van der Waals surface area (Å²) in [5.41, 5.74) is 3.09. The number of nitrogens with one attached hydrogen (secondary N) is 1. The molecule has 0 bridgehead atoms. The van der Waals surface area contributed by atoms with Crippen LogP contribution in [0.2, 0.25) is 0 Å². The van der Waals surface area contributed by atoms with Gasteiger partial charge in [0.05, 0.1) is 0 Å². The zero-order chi connectivity index (χ0) is 15.3. The van der Waals surface area contributed by atoms with Crippen molar-refractivity contribution in [3.05, 3.63) is 35.4 Å². The summed E-state index contributed by atoms with van der Waals surface area (Å²) in [6.45, 7) is 10.2. The molecule has 0 aliphatic heterocycles. The summed E-state index contributed by atoms with van der Waals surface area (Å²) < 4.78 is 0. The number of hydrogen-bond acceptors (Lipinski definition) is 1. The zero-order valence-electron chi connectivity index (χ0n) is 14.4. The van der Waals surface area contributed by atoms with Gasteiger partial charge in [-0.15, -0.1) is 0 Å². The maximum Gasteiger partial charge on any atom is 0.0208 e. The summed E-state index contributed by atoms with van der Waals surface area (Å²) in [7, 11) is 0. The van der Waals surface area contributed by atoms with Gasteiger partial charge < -0.3 is 5.32 Å². The zero-order valence-corrected chi connectivity index (χ0v) is 14.4. The van der Waals surface area contributed by atoms with E-state index < -0.39 is 0 Å². The highest BCUT2D eigenvalue weighted by atomic mass is 14.9. The smallest absolute Gasteiger partial charge is 0.0208 e. The van der Waals surface area contributed by atoms with Crippen LogP contribution in [0.1, 0.15) is 77.3 Å². The highest BCUT2D eigenvalue weighted by molar-refractivity contribution is 5.27. The molecular weight excluding hydrogens is 254 g/mol. The predicted octanol–water partition coefficient (Wildman–Crippen LogP) is 5.43. The first-order valence-corrected chi connectivity index (χ1v) is 8.83. The van der Waals surface area contributed by atoms with Gasteiger partial charge in [-0.3, -0.25) is 0 Å². The molecule has 1 aliphatic carbocycles. The van der Waals surface area contributed by atoms with E-state index in [1.165, 1.54) is 49.7 Å². The van der Waals surface area contributed by atoms with Gasteiger partial charge >= 0.3 is 0 Å². The van der Waals surface area contributed by atoms with E-state index >= 15 is 0 Å². The van der Waals surface area contributed by atoms with Gasteiger partial charge in [-0.1, -0.05) is 71.2 Å². The van der Waals surface area contributed by atoms with Crippen LogP contribution >= 0.6 is 0 Å². The summed E-state index contributed by atoms with van der Waals surface area (Å²) in [6.07, 6.45) is 8.42. The average Bonchev–Trinajstić information content (AvgIpc) is 2.48. The molecule has 1 atom stereocenters. The highest BCUT2D eigenvalue weighted by Crippen LogP contribution is 2.28. The Morgan fingerprint density at radius 3 is 2.19 bits per heavy atom. The molecule has 1 unspecified atom stereocenters. The van der Waals surface area contributed by atoms with Crippen molar-refractivity contribution in [1.29, 1.82) is 0 Å². The maximum atomic E-state index is 3.81. The number of hydrogen-bond donors (Lipinski definition) is 1. The summed E-state index contributed by atoms with van der Waals surface area (Å²) in [5.74, 6) is 0.901. The molecule has 1 fully saturated rings. The van der Waals surface area contributed by atoms with E-state index in [1.54, 1.807) is 0 Å². The molecule has 0 heterocycles. The summed E-state index contributed by atoms with van der Waals surface area (Å²) >= 11 is 0. The molecule has 1 saturated carbocycles. The van der Waals surface area contributed by atoms with E-state index in [1.807, 2.05) is 0 Å². The lowest BCUT2D eigenvalue weighted by Crippen LogP contribution is -2.36. The van der Waals surface area contributed by atoms with Gasteiger partial charge in [0, 0.05) is 12.6 Å². The van der Waals surface area contributed by atoms with Crippen LogP contribution in [0.4, 0.5) is 0 Å². The van der Waals surface area contributed by atoms with Gasteiger partial charge in [-0.2, -0.15) is 0 Å². The molecule has 1 aromatic rings. The second-order valence-electron chi connectivity index (χ2n) is 7.74. The van der Waals surface area contributed by atoms with Crippen molar-refractivity contribution in [2.75, 3.05) is 0 Å². The molecule has 0 amide bonds. The molecule has 2 rings (SSSR count). The predicted molar refractivity (Wildman–Crippen MR) is 92.6 cm³/mol. The van der Waals surface area contributed by atoms with Crippen molar-refractivity contribution >= 4 is 0 Å². The Bertz CT molecular complexity index is 406. The van der Waals surface area contributed by atoms with Crippen molar-refractivity contribution < 1.29 is 0 Å². The molecule has 118 valence electrons. The molecule has 1 aromatic carbocycles. The van der Waals surface area contributed by atoms with Crippen LogP contribution in [-0.2, 0) is 12.0 Å². The minimum atomic E-state index is 0.250. The molecule has 1 N–H and O–H groups in total. The average molecular weight is 287 g/mol. The first kappa shape index (κ1) is 16.5. The van der Waals surface area contributed by atoms with Gasteiger partial charge in [0.15, 0.2) is 0 Å². The summed E-state index contributed by atoms with van der Waals surface area (Å²) in [6, 6.07) is 9.87. The molecule has 21 heavy (non-hydrogen) atoms. The normalized spacial score (nSPS) is 18.7. The third kappa shape index (κ3) is 4.85. The second kappa shape index (κ2) is 7.45. The third-order valence-electron chi connectivity index (χ3n) is 5.05. The summed E-state index contributed by atoms with van der Waals surface area (Å²) in [4.78, 5) is 0. The fourth-order valence-corrected chi connectivity index (χ4v) is 3.55. The lowest BCUT2D eigenvalue weighted by atomic mass is 9.83. The Balaban J connectivity index is 1.89. The van der Waals surface area contributed by atoms with Crippen molar-refractivity contribution in [3.63, 3.8) is 0 Å². The van der Waals surface area contributed by atoms with Gasteiger partial charge in [0.1, 0.15) is 0 Å². The van der Waals surface area contributed by atoms with Gasteiger partial charge in [0.25, 0.3) is 0 Å². The van der Waals surface area contributed by atoms with E-state index in [4.69, 9.17) is 0 Å². The van der Waals surface area contributed by atoms with E-state index in [-0.39, 0.29) is 5.41 Å². The maximum absolute atomic E-state index is 3.81. The summed E-state index contributed by atoms with van der Waals surface area (Å²) in [5, 5.41) is 3.81. The molecule has 0 spiro atoms. The molecule has 1 heteroatoms. The number of rotatable bonds is 5. The first-order chi connectivity index (χ1) is 10.0. The van der Waals surface area contributed by atoms with Crippen LogP contribution in [0.3, 0.4) is 0 Å². The first-order valence-electron chi connectivity index (χ1n) is 8.83. The van der Waals surface area contributed by atoms with Gasteiger partial charge in [0.2, 0.25) is 0 Å².